The second-order valence-electron chi connectivity index (χ2n) is 6.61. The fraction of sp³-hybridized carbons (Fsp3) is 0.227. The molecule has 0 bridgehead atoms. The van der Waals surface area contributed by atoms with Crippen molar-refractivity contribution in [1.82, 2.24) is 15.3 Å². The number of hydrogen-bond acceptors (Lipinski definition) is 6. The topological polar surface area (TPSA) is 73.3 Å². The zero-order chi connectivity index (χ0) is 23.0. The molecule has 168 valence electrons. The van der Waals surface area contributed by atoms with Gasteiger partial charge < -0.3 is 14.8 Å². The minimum atomic E-state index is -4.48. The third kappa shape index (κ3) is 7.38. The largest absolute Gasteiger partial charge is 0.487 e. The number of carbonyl (C=O) groups is 1. The Morgan fingerprint density at radius 2 is 2.00 bits per heavy atom. The fourth-order valence-electron chi connectivity index (χ4n) is 2.62. The molecule has 1 amide bonds. The summed E-state index contributed by atoms with van der Waals surface area (Å²) in [5.74, 6) is -0.0111. The number of nitrogens with one attached hydrogen (secondary N) is 1. The molecule has 3 rings (SSSR count). The Morgan fingerprint density at radius 1 is 1.19 bits per heavy atom. The molecule has 3 aromatic rings. The summed E-state index contributed by atoms with van der Waals surface area (Å²) >= 11 is 1.54. The molecule has 0 aliphatic rings. The fourth-order valence-corrected chi connectivity index (χ4v) is 3.22. The molecule has 0 saturated heterocycles. The van der Waals surface area contributed by atoms with E-state index >= 15 is 0 Å². The summed E-state index contributed by atoms with van der Waals surface area (Å²) in [6.07, 6.45) is -0.238. The van der Waals surface area contributed by atoms with Crippen LogP contribution in [0, 0.1) is 6.92 Å². The van der Waals surface area contributed by atoms with E-state index in [1.165, 1.54) is 29.7 Å². The predicted octanol–water partition coefficient (Wildman–Crippen LogP) is 4.70. The smallest absolute Gasteiger partial charge is 0.422 e. The monoisotopic (exact) mass is 463 g/mol. The highest BCUT2D eigenvalue weighted by atomic mass is 32.1. The van der Waals surface area contributed by atoms with Crippen molar-refractivity contribution in [3.63, 3.8) is 0 Å². The van der Waals surface area contributed by atoms with Crippen LogP contribution in [-0.4, -0.2) is 28.7 Å². The molecule has 0 saturated carbocycles. The lowest BCUT2D eigenvalue weighted by molar-refractivity contribution is -0.154. The highest BCUT2D eigenvalue weighted by Crippen LogP contribution is 2.22. The molecule has 10 heteroatoms. The van der Waals surface area contributed by atoms with Gasteiger partial charge >= 0.3 is 6.18 Å². The zero-order valence-corrected chi connectivity index (χ0v) is 17.9. The highest BCUT2D eigenvalue weighted by Gasteiger charge is 2.29. The predicted molar refractivity (Wildman–Crippen MR) is 114 cm³/mol. The first kappa shape index (κ1) is 23.3. The minimum absolute atomic E-state index is 0.0362. The number of thiazole rings is 1. The Hall–Kier alpha value is -3.40. The maximum Gasteiger partial charge on any atom is 0.422 e. The molecule has 1 N–H and O–H groups in total. The molecule has 1 aromatic carbocycles. The highest BCUT2D eigenvalue weighted by molar-refractivity contribution is 7.09. The molecule has 6 nitrogen and oxygen atoms in total. The summed E-state index contributed by atoms with van der Waals surface area (Å²) in [4.78, 5) is 20.4. The molecule has 0 fully saturated rings. The first-order chi connectivity index (χ1) is 15.3. The number of pyridine rings is 1. The van der Waals surface area contributed by atoms with Crippen LogP contribution in [0.1, 0.15) is 21.8 Å². The quantitative estimate of drug-likeness (QED) is 0.466. The van der Waals surface area contributed by atoms with Crippen LogP contribution in [0.3, 0.4) is 0 Å². The van der Waals surface area contributed by atoms with Gasteiger partial charge in [-0.15, -0.1) is 11.3 Å². The molecule has 0 aliphatic heterocycles. The van der Waals surface area contributed by atoms with Crippen LogP contribution < -0.4 is 14.8 Å². The molecule has 0 unspecified atom stereocenters. The Bertz CT molecular complexity index is 1080. The molecular weight excluding hydrogens is 443 g/mol. The van der Waals surface area contributed by atoms with Gasteiger partial charge in [0.1, 0.15) is 12.4 Å². The lowest BCUT2D eigenvalue weighted by Crippen LogP contribution is -2.23. The van der Waals surface area contributed by atoms with Gasteiger partial charge in [-0.25, -0.2) is 9.97 Å². The van der Waals surface area contributed by atoms with E-state index < -0.39 is 18.7 Å². The van der Waals surface area contributed by atoms with Gasteiger partial charge in [0, 0.05) is 35.3 Å². The van der Waals surface area contributed by atoms with E-state index in [1.54, 1.807) is 24.3 Å². The molecule has 0 atom stereocenters. The van der Waals surface area contributed by atoms with E-state index in [4.69, 9.17) is 9.47 Å². The number of ether oxygens (including phenoxy) is 2. The normalized spacial score (nSPS) is 11.5. The molecule has 2 aromatic heterocycles. The number of rotatable bonds is 9. The van der Waals surface area contributed by atoms with Crippen molar-refractivity contribution in [2.75, 3.05) is 6.61 Å². The van der Waals surface area contributed by atoms with Gasteiger partial charge in [0.05, 0.1) is 10.7 Å². The van der Waals surface area contributed by atoms with E-state index in [-0.39, 0.29) is 12.4 Å². The van der Waals surface area contributed by atoms with Crippen LogP contribution in [0.5, 0.6) is 11.6 Å². The van der Waals surface area contributed by atoms with Crippen molar-refractivity contribution >= 4 is 23.3 Å². The Kier molecular flexibility index (Phi) is 7.82. The van der Waals surface area contributed by atoms with Gasteiger partial charge in [0.25, 0.3) is 0 Å². The molecular formula is C22H20F3N3O3S. The van der Waals surface area contributed by atoms with Gasteiger partial charge in [-0.3, -0.25) is 4.79 Å². The summed E-state index contributed by atoms with van der Waals surface area (Å²) < 4.78 is 47.7. The molecule has 32 heavy (non-hydrogen) atoms. The summed E-state index contributed by atoms with van der Waals surface area (Å²) in [6.45, 7) is 0.733. The van der Waals surface area contributed by atoms with Crippen LogP contribution in [0.25, 0.3) is 6.08 Å². The lowest BCUT2D eigenvalue weighted by Gasteiger charge is -2.12. The summed E-state index contributed by atoms with van der Waals surface area (Å²) in [6, 6.07) is 10.3. The van der Waals surface area contributed by atoms with Crippen molar-refractivity contribution in [2.45, 2.75) is 26.3 Å². The zero-order valence-electron chi connectivity index (χ0n) is 17.1. The van der Waals surface area contributed by atoms with Crippen LogP contribution in [-0.2, 0) is 17.9 Å². The molecule has 0 spiro atoms. The van der Waals surface area contributed by atoms with Crippen molar-refractivity contribution < 1.29 is 27.4 Å². The van der Waals surface area contributed by atoms with Crippen LogP contribution in [0.4, 0.5) is 13.2 Å². The van der Waals surface area contributed by atoms with Crippen molar-refractivity contribution in [3.05, 3.63) is 75.9 Å². The van der Waals surface area contributed by atoms with Gasteiger partial charge in [0.15, 0.2) is 6.61 Å². The third-order valence-corrected chi connectivity index (χ3v) is 4.87. The number of carbonyl (C=O) groups excluding carboxylic acids is 1. The number of halogens is 3. The number of aryl methyl sites for hydroxylation is 1. The lowest BCUT2D eigenvalue weighted by atomic mass is 10.2. The number of alkyl halides is 3. The first-order valence-corrected chi connectivity index (χ1v) is 10.4. The number of benzene rings is 1. The number of para-hydroxylation sites is 1. The number of aromatic nitrogens is 2. The van der Waals surface area contributed by atoms with E-state index in [2.05, 4.69) is 15.3 Å². The van der Waals surface area contributed by atoms with E-state index in [1.807, 2.05) is 24.4 Å². The summed E-state index contributed by atoms with van der Waals surface area (Å²) in [7, 11) is 0. The van der Waals surface area contributed by atoms with Crippen molar-refractivity contribution in [1.29, 1.82) is 0 Å². The van der Waals surface area contributed by atoms with Crippen LogP contribution >= 0.6 is 11.3 Å². The van der Waals surface area contributed by atoms with Crippen LogP contribution in [0.15, 0.2) is 54.1 Å². The van der Waals surface area contributed by atoms with Crippen LogP contribution in [0.2, 0.25) is 0 Å². The third-order valence-electron chi connectivity index (χ3n) is 4.05. The standard InChI is InChI=1S/C22H20F3N3O3S/c1-15-28-18(13-32-15)12-30-19-7-3-2-5-16(19)8-9-20(29)27-11-17-6-4-10-26-21(17)31-14-22(23,24)25/h2-10,13H,11-12,14H2,1H3,(H,27,29)/b9-8+. The van der Waals surface area contributed by atoms with Crippen molar-refractivity contribution in [2.24, 2.45) is 0 Å². The van der Waals surface area contributed by atoms with Gasteiger partial charge in [0.2, 0.25) is 11.8 Å². The van der Waals surface area contributed by atoms with Gasteiger partial charge in [-0.2, -0.15) is 13.2 Å². The SMILES string of the molecule is Cc1nc(COc2ccccc2/C=C/C(=O)NCc2cccnc2OCC(F)(F)F)cs1. The minimum Gasteiger partial charge on any atom is -0.487 e. The molecule has 0 radical (unpaired) electrons. The number of hydrogen-bond donors (Lipinski definition) is 1. The summed E-state index contributed by atoms with van der Waals surface area (Å²) in [5.41, 5.74) is 1.86. The van der Waals surface area contributed by atoms with Crippen molar-refractivity contribution in [3.8, 4) is 11.6 Å². The Balaban J connectivity index is 1.57. The Labute approximate surface area is 186 Å². The van der Waals surface area contributed by atoms with Gasteiger partial charge in [-0.1, -0.05) is 24.3 Å². The number of amides is 1. The second kappa shape index (κ2) is 10.8. The maximum absolute atomic E-state index is 12.4. The average Bonchev–Trinajstić information content (AvgIpc) is 3.19. The van der Waals surface area contributed by atoms with E-state index in [0.717, 1.165) is 10.7 Å². The van der Waals surface area contributed by atoms with E-state index in [9.17, 15) is 18.0 Å². The molecule has 2 heterocycles. The second-order valence-corrected chi connectivity index (χ2v) is 7.67. The molecule has 0 aliphatic carbocycles. The average molecular weight is 463 g/mol. The maximum atomic E-state index is 12.4. The first-order valence-electron chi connectivity index (χ1n) is 9.52. The van der Waals surface area contributed by atoms with Gasteiger partial charge in [-0.05, 0) is 25.1 Å². The number of nitrogens with zero attached hydrogens (tertiary/aromatic N) is 2. The van der Waals surface area contributed by atoms with E-state index in [0.29, 0.717) is 23.5 Å². The Morgan fingerprint density at radius 3 is 2.75 bits per heavy atom. The summed E-state index contributed by atoms with van der Waals surface area (Å²) in [5, 5.41) is 5.49.